The molecule has 1 aromatic carbocycles. The average molecular weight is 412 g/mol. The molecule has 2 heterocycles. The van der Waals surface area contributed by atoms with Crippen LogP contribution in [0.2, 0.25) is 0 Å². The molecule has 30 heavy (non-hydrogen) atoms. The second-order valence-corrected chi connectivity index (χ2v) is 10.4. The van der Waals surface area contributed by atoms with E-state index >= 15 is 0 Å². The SMILES string of the molecule is CN1C(=O)C2(CCN(C(=O)CC(C)(C)C)CC2)c2cc(C(=O)NCC3CC3)ccc21. The standard InChI is InChI=1S/C24H33N3O3/c1-23(2,3)14-20(28)27-11-9-24(10-12-27)18-13-17(21(29)25-15-16-5-6-16)7-8-19(18)26(4)22(24)30/h7-8,13,16H,5-6,9-12,14-15H2,1-4H3,(H,25,29). The van der Waals surface area contributed by atoms with Crippen LogP contribution in [0.5, 0.6) is 0 Å². The summed E-state index contributed by atoms with van der Waals surface area (Å²) in [6.45, 7) is 8.08. The molecule has 162 valence electrons. The molecule has 1 aliphatic carbocycles. The van der Waals surface area contributed by atoms with Crippen molar-refractivity contribution in [3.8, 4) is 0 Å². The van der Waals surface area contributed by atoms with Crippen LogP contribution in [0.4, 0.5) is 5.69 Å². The molecule has 3 aliphatic rings. The van der Waals surface area contributed by atoms with E-state index in [-0.39, 0.29) is 23.1 Å². The van der Waals surface area contributed by atoms with Gasteiger partial charge in [0, 0.05) is 44.4 Å². The van der Waals surface area contributed by atoms with Crippen LogP contribution < -0.4 is 10.2 Å². The summed E-state index contributed by atoms with van der Waals surface area (Å²) in [6, 6.07) is 5.61. The van der Waals surface area contributed by atoms with Crippen LogP contribution in [0, 0.1) is 11.3 Å². The first-order valence-electron chi connectivity index (χ1n) is 11.1. The van der Waals surface area contributed by atoms with Gasteiger partial charge in [-0.25, -0.2) is 0 Å². The Morgan fingerprint density at radius 1 is 1.17 bits per heavy atom. The molecule has 0 radical (unpaired) electrons. The quantitative estimate of drug-likeness (QED) is 0.828. The van der Waals surface area contributed by atoms with Crippen molar-refractivity contribution in [1.29, 1.82) is 0 Å². The van der Waals surface area contributed by atoms with Crippen molar-refractivity contribution >= 4 is 23.4 Å². The molecular formula is C24H33N3O3. The van der Waals surface area contributed by atoms with Crippen molar-refractivity contribution in [2.24, 2.45) is 11.3 Å². The second kappa shape index (κ2) is 7.40. The average Bonchev–Trinajstić information content (AvgIpc) is 3.51. The number of amides is 3. The summed E-state index contributed by atoms with van der Waals surface area (Å²) < 4.78 is 0. The highest BCUT2D eigenvalue weighted by molar-refractivity contribution is 6.09. The molecule has 1 spiro atoms. The summed E-state index contributed by atoms with van der Waals surface area (Å²) in [5, 5.41) is 3.02. The molecule has 0 unspecified atom stereocenters. The van der Waals surface area contributed by atoms with Crippen molar-refractivity contribution in [3.63, 3.8) is 0 Å². The Hall–Kier alpha value is -2.37. The van der Waals surface area contributed by atoms with E-state index in [0.717, 1.165) is 17.8 Å². The van der Waals surface area contributed by atoms with E-state index in [2.05, 4.69) is 26.1 Å². The van der Waals surface area contributed by atoms with Crippen LogP contribution in [0.25, 0.3) is 0 Å². The zero-order valence-corrected chi connectivity index (χ0v) is 18.6. The van der Waals surface area contributed by atoms with Gasteiger partial charge < -0.3 is 15.1 Å². The predicted octanol–water partition coefficient (Wildman–Crippen LogP) is 3.10. The van der Waals surface area contributed by atoms with Gasteiger partial charge in [-0.3, -0.25) is 14.4 Å². The van der Waals surface area contributed by atoms with E-state index in [4.69, 9.17) is 0 Å². The number of likely N-dealkylation sites (N-methyl/N-ethyl adjacent to an activating group) is 1. The number of fused-ring (bicyclic) bond motifs is 2. The highest BCUT2D eigenvalue weighted by Gasteiger charge is 2.51. The van der Waals surface area contributed by atoms with Gasteiger partial charge in [-0.15, -0.1) is 0 Å². The molecule has 1 saturated heterocycles. The molecule has 1 saturated carbocycles. The molecule has 4 rings (SSSR count). The van der Waals surface area contributed by atoms with E-state index < -0.39 is 5.41 Å². The minimum atomic E-state index is -0.630. The Bertz CT molecular complexity index is 874. The summed E-state index contributed by atoms with van der Waals surface area (Å²) in [5.41, 5.74) is 1.76. The zero-order chi connectivity index (χ0) is 21.7. The maximum Gasteiger partial charge on any atom is 0.251 e. The minimum Gasteiger partial charge on any atom is -0.352 e. The van der Waals surface area contributed by atoms with Gasteiger partial charge in [-0.1, -0.05) is 20.8 Å². The topological polar surface area (TPSA) is 69.7 Å². The number of piperidine rings is 1. The highest BCUT2D eigenvalue weighted by Crippen LogP contribution is 2.48. The molecular weight excluding hydrogens is 378 g/mol. The van der Waals surface area contributed by atoms with E-state index in [9.17, 15) is 14.4 Å². The number of hydrogen-bond donors (Lipinski definition) is 1. The van der Waals surface area contributed by atoms with Crippen LogP contribution in [0.3, 0.4) is 0 Å². The Labute approximate surface area is 179 Å². The fourth-order valence-corrected chi connectivity index (χ4v) is 4.75. The Morgan fingerprint density at radius 2 is 1.83 bits per heavy atom. The summed E-state index contributed by atoms with van der Waals surface area (Å²) in [5.74, 6) is 0.789. The Balaban J connectivity index is 1.53. The normalized spacial score (nSPS) is 20.5. The van der Waals surface area contributed by atoms with Crippen molar-refractivity contribution < 1.29 is 14.4 Å². The van der Waals surface area contributed by atoms with Gasteiger partial charge in [-0.2, -0.15) is 0 Å². The van der Waals surface area contributed by atoms with E-state index in [1.165, 1.54) is 12.8 Å². The monoisotopic (exact) mass is 411 g/mol. The molecule has 1 aromatic rings. The fraction of sp³-hybridized carbons (Fsp3) is 0.625. The van der Waals surface area contributed by atoms with Gasteiger partial charge in [0.2, 0.25) is 11.8 Å². The summed E-state index contributed by atoms with van der Waals surface area (Å²) in [4.78, 5) is 42.2. The first-order valence-corrected chi connectivity index (χ1v) is 11.1. The van der Waals surface area contributed by atoms with Gasteiger partial charge in [0.1, 0.15) is 0 Å². The van der Waals surface area contributed by atoms with E-state index in [1.807, 2.05) is 23.1 Å². The third kappa shape index (κ3) is 3.84. The fourth-order valence-electron chi connectivity index (χ4n) is 4.75. The van der Waals surface area contributed by atoms with Crippen LogP contribution >= 0.6 is 0 Å². The molecule has 0 aromatic heterocycles. The van der Waals surface area contributed by atoms with Crippen LogP contribution in [-0.4, -0.2) is 49.3 Å². The maximum absolute atomic E-state index is 13.3. The van der Waals surface area contributed by atoms with Crippen LogP contribution in [0.15, 0.2) is 18.2 Å². The number of anilines is 1. The van der Waals surface area contributed by atoms with Crippen LogP contribution in [0.1, 0.15) is 68.8 Å². The Morgan fingerprint density at radius 3 is 2.43 bits per heavy atom. The molecule has 1 N–H and O–H groups in total. The first kappa shape index (κ1) is 20.9. The molecule has 0 bridgehead atoms. The van der Waals surface area contributed by atoms with Crippen molar-refractivity contribution in [2.75, 3.05) is 31.6 Å². The third-order valence-corrected chi connectivity index (χ3v) is 6.75. The lowest BCUT2D eigenvalue weighted by Gasteiger charge is -2.39. The lowest BCUT2D eigenvalue weighted by molar-refractivity contribution is -0.137. The van der Waals surface area contributed by atoms with E-state index in [1.54, 1.807) is 11.9 Å². The molecule has 2 aliphatic heterocycles. The van der Waals surface area contributed by atoms with Gasteiger partial charge in [-0.05, 0) is 60.8 Å². The predicted molar refractivity (Wildman–Crippen MR) is 116 cm³/mol. The number of nitrogens with zero attached hydrogens (tertiary/aromatic N) is 2. The number of hydrogen-bond acceptors (Lipinski definition) is 3. The summed E-state index contributed by atoms with van der Waals surface area (Å²) in [7, 11) is 1.81. The summed E-state index contributed by atoms with van der Waals surface area (Å²) >= 11 is 0. The number of nitrogens with one attached hydrogen (secondary N) is 1. The van der Waals surface area contributed by atoms with Crippen molar-refractivity contribution in [3.05, 3.63) is 29.3 Å². The zero-order valence-electron chi connectivity index (χ0n) is 18.6. The minimum absolute atomic E-state index is 0.0507. The number of benzene rings is 1. The number of likely N-dealkylation sites (tertiary alicyclic amines) is 1. The highest BCUT2D eigenvalue weighted by atomic mass is 16.2. The third-order valence-electron chi connectivity index (χ3n) is 6.75. The molecule has 0 atom stereocenters. The maximum atomic E-state index is 13.3. The molecule has 2 fully saturated rings. The summed E-state index contributed by atoms with van der Waals surface area (Å²) in [6.07, 6.45) is 4.10. The lowest BCUT2D eigenvalue weighted by Crippen LogP contribution is -2.50. The number of rotatable bonds is 4. The molecule has 6 nitrogen and oxygen atoms in total. The smallest absolute Gasteiger partial charge is 0.251 e. The first-order chi connectivity index (χ1) is 14.1. The van der Waals surface area contributed by atoms with Gasteiger partial charge in [0.25, 0.3) is 5.91 Å². The van der Waals surface area contributed by atoms with Gasteiger partial charge >= 0.3 is 0 Å². The second-order valence-electron chi connectivity index (χ2n) is 10.4. The molecule has 3 amide bonds. The van der Waals surface area contributed by atoms with Gasteiger partial charge in [0.15, 0.2) is 0 Å². The lowest BCUT2D eigenvalue weighted by atomic mass is 9.73. The van der Waals surface area contributed by atoms with Crippen molar-refractivity contribution in [2.45, 2.75) is 58.3 Å². The molecule has 6 heteroatoms. The number of carbonyl (C=O) groups is 3. The van der Waals surface area contributed by atoms with E-state index in [0.29, 0.717) is 43.8 Å². The Kier molecular flexibility index (Phi) is 5.15. The van der Waals surface area contributed by atoms with Crippen LogP contribution in [-0.2, 0) is 15.0 Å². The largest absolute Gasteiger partial charge is 0.352 e. The van der Waals surface area contributed by atoms with Crippen molar-refractivity contribution in [1.82, 2.24) is 10.2 Å². The number of carbonyl (C=O) groups excluding carboxylic acids is 3. The van der Waals surface area contributed by atoms with Gasteiger partial charge in [0.05, 0.1) is 5.41 Å².